The molecule has 0 saturated heterocycles. The minimum atomic E-state index is 0.187. The Morgan fingerprint density at radius 2 is 2.50 bits per heavy atom. The fraction of sp³-hybridized carbons (Fsp3) is 0.500. The summed E-state index contributed by atoms with van der Waals surface area (Å²) in [6.07, 6.45) is 2.74. The van der Waals surface area contributed by atoms with Crippen LogP contribution in [0.25, 0.3) is 0 Å². The van der Waals surface area contributed by atoms with E-state index in [-0.39, 0.29) is 5.12 Å². The second-order valence-electron chi connectivity index (χ2n) is 1.42. The van der Waals surface area contributed by atoms with Crippen molar-refractivity contribution < 1.29 is 4.79 Å². The minimum Gasteiger partial charge on any atom is -0.288 e. The third-order valence-corrected chi connectivity index (χ3v) is 1.47. The van der Waals surface area contributed by atoms with Crippen LogP contribution >= 0.6 is 11.8 Å². The first-order chi connectivity index (χ1) is 3.77. The van der Waals surface area contributed by atoms with Gasteiger partial charge in [-0.25, -0.2) is 0 Å². The molecule has 0 amide bonds. The van der Waals surface area contributed by atoms with E-state index in [9.17, 15) is 4.79 Å². The average Bonchev–Trinajstić information content (AvgIpc) is 1.66. The Bertz CT molecular complexity index is 88.5. The molecule has 0 unspecified atom stereocenters. The molecule has 0 radical (unpaired) electrons. The molecule has 0 atom stereocenters. The topological polar surface area (TPSA) is 17.1 Å². The quantitative estimate of drug-likeness (QED) is 0.428. The SMILES string of the molecule is C=CCCSC(C)=O. The van der Waals surface area contributed by atoms with Gasteiger partial charge in [-0.2, -0.15) is 0 Å². The normalized spacial score (nSPS) is 8.62. The molecule has 0 saturated carbocycles. The molecule has 0 N–H and O–H groups in total. The predicted octanol–water partition coefficient (Wildman–Crippen LogP) is 1.84. The van der Waals surface area contributed by atoms with Gasteiger partial charge in [-0.05, 0) is 6.42 Å². The Balaban J connectivity index is 2.93. The molecule has 0 aromatic rings. The van der Waals surface area contributed by atoms with Crippen LogP contribution in [-0.4, -0.2) is 10.9 Å². The highest BCUT2D eigenvalue weighted by atomic mass is 32.2. The molecule has 0 rings (SSSR count). The van der Waals surface area contributed by atoms with Crippen molar-refractivity contribution in [3.05, 3.63) is 12.7 Å². The highest BCUT2D eigenvalue weighted by Gasteiger charge is 1.88. The van der Waals surface area contributed by atoms with Crippen LogP contribution in [0.1, 0.15) is 13.3 Å². The van der Waals surface area contributed by atoms with Crippen LogP contribution in [0.3, 0.4) is 0 Å². The van der Waals surface area contributed by atoms with Crippen LogP contribution in [0.4, 0.5) is 0 Å². The fourth-order valence-corrected chi connectivity index (χ4v) is 0.858. The second kappa shape index (κ2) is 4.91. The van der Waals surface area contributed by atoms with E-state index in [1.165, 1.54) is 11.8 Å². The van der Waals surface area contributed by atoms with Crippen LogP contribution in [0.2, 0.25) is 0 Å². The van der Waals surface area contributed by atoms with Gasteiger partial charge in [-0.3, -0.25) is 4.79 Å². The molecule has 1 nitrogen and oxygen atoms in total. The van der Waals surface area contributed by atoms with E-state index in [0.717, 1.165) is 12.2 Å². The van der Waals surface area contributed by atoms with Crippen molar-refractivity contribution in [2.24, 2.45) is 0 Å². The van der Waals surface area contributed by atoms with Gasteiger partial charge in [0.15, 0.2) is 5.12 Å². The third kappa shape index (κ3) is 5.76. The van der Waals surface area contributed by atoms with Crippen molar-refractivity contribution in [2.75, 3.05) is 5.75 Å². The van der Waals surface area contributed by atoms with Gasteiger partial charge in [0.2, 0.25) is 0 Å². The highest BCUT2D eigenvalue weighted by molar-refractivity contribution is 8.13. The van der Waals surface area contributed by atoms with Crippen molar-refractivity contribution in [3.8, 4) is 0 Å². The number of allylic oxidation sites excluding steroid dienone is 1. The molecule has 0 spiro atoms. The Labute approximate surface area is 54.2 Å². The summed E-state index contributed by atoms with van der Waals surface area (Å²) in [5, 5.41) is 0.187. The van der Waals surface area contributed by atoms with E-state index in [4.69, 9.17) is 0 Å². The molecule has 8 heavy (non-hydrogen) atoms. The molecule has 0 aliphatic carbocycles. The molecule has 0 fully saturated rings. The Kier molecular flexibility index (Phi) is 4.76. The van der Waals surface area contributed by atoms with Gasteiger partial charge in [0.05, 0.1) is 0 Å². The molecular formula is C6H10OS. The number of carbonyl (C=O) groups is 1. The molecule has 0 bridgehead atoms. The first-order valence-electron chi connectivity index (χ1n) is 2.51. The molecule has 0 heterocycles. The fourth-order valence-electron chi connectivity index (χ4n) is 0.286. The van der Waals surface area contributed by atoms with Gasteiger partial charge in [0.25, 0.3) is 0 Å². The smallest absolute Gasteiger partial charge is 0.185 e. The minimum absolute atomic E-state index is 0.187. The molecule has 0 aliphatic rings. The molecule has 46 valence electrons. The summed E-state index contributed by atoms with van der Waals surface area (Å²) in [6.45, 7) is 5.11. The first-order valence-corrected chi connectivity index (χ1v) is 3.50. The summed E-state index contributed by atoms with van der Waals surface area (Å²) in [7, 11) is 0. The van der Waals surface area contributed by atoms with Gasteiger partial charge in [-0.15, -0.1) is 6.58 Å². The first kappa shape index (κ1) is 7.76. The van der Waals surface area contributed by atoms with Gasteiger partial charge < -0.3 is 0 Å². The van der Waals surface area contributed by atoms with E-state index in [1.807, 2.05) is 6.08 Å². The maximum atomic E-state index is 10.2. The highest BCUT2D eigenvalue weighted by Crippen LogP contribution is 2.02. The van der Waals surface area contributed by atoms with Crippen LogP contribution in [0.5, 0.6) is 0 Å². The zero-order valence-electron chi connectivity index (χ0n) is 5.02. The van der Waals surface area contributed by atoms with Crippen molar-refractivity contribution in [1.82, 2.24) is 0 Å². The zero-order valence-corrected chi connectivity index (χ0v) is 5.83. The van der Waals surface area contributed by atoms with E-state index >= 15 is 0 Å². The summed E-state index contributed by atoms with van der Waals surface area (Å²) >= 11 is 1.35. The summed E-state index contributed by atoms with van der Waals surface area (Å²) in [4.78, 5) is 10.2. The lowest BCUT2D eigenvalue weighted by molar-refractivity contribution is -0.109. The van der Waals surface area contributed by atoms with Crippen LogP contribution in [-0.2, 0) is 4.79 Å². The lowest BCUT2D eigenvalue weighted by atomic mass is 10.5. The summed E-state index contributed by atoms with van der Waals surface area (Å²) < 4.78 is 0. The number of rotatable bonds is 3. The monoisotopic (exact) mass is 130 g/mol. The van der Waals surface area contributed by atoms with Crippen LogP contribution in [0, 0.1) is 0 Å². The summed E-state index contributed by atoms with van der Waals surface area (Å²) in [6, 6.07) is 0. The van der Waals surface area contributed by atoms with E-state index in [2.05, 4.69) is 6.58 Å². The maximum Gasteiger partial charge on any atom is 0.185 e. The number of hydrogen-bond acceptors (Lipinski definition) is 2. The van der Waals surface area contributed by atoms with Crippen molar-refractivity contribution in [3.63, 3.8) is 0 Å². The number of thioether (sulfide) groups is 1. The van der Waals surface area contributed by atoms with Gasteiger partial charge in [0.1, 0.15) is 0 Å². The zero-order chi connectivity index (χ0) is 6.41. The van der Waals surface area contributed by atoms with Crippen molar-refractivity contribution in [1.29, 1.82) is 0 Å². The molecule has 0 aromatic heterocycles. The Hall–Kier alpha value is -0.240. The van der Waals surface area contributed by atoms with Gasteiger partial charge in [-0.1, -0.05) is 17.8 Å². The Morgan fingerprint density at radius 1 is 1.88 bits per heavy atom. The third-order valence-electron chi connectivity index (χ3n) is 0.627. The number of carbonyl (C=O) groups excluding carboxylic acids is 1. The molecule has 0 aromatic carbocycles. The van der Waals surface area contributed by atoms with E-state index in [1.54, 1.807) is 6.92 Å². The van der Waals surface area contributed by atoms with Crippen LogP contribution in [0.15, 0.2) is 12.7 Å². The largest absolute Gasteiger partial charge is 0.288 e. The lowest BCUT2D eigenvalue weighted by Gasteiger charge is -1.88. The van der Waals surface area contributed by atoms with E-state index in [0.29, 0.717) is 0 Å². The van der Waals surface area contributed by atoms with Gasteiger partial charge >= 0.3 is 0 Å². The Morgan fingerprint density at radius 3 is 2.88 bits per heavy atom. The summed E-state index contributed by atoms with van der Waals surface area (Å²) in [5.41, 5.74) is 0. The summed E-state index contributed by atoms with van der Waals surface area (Å²) in [5.74, 6) is 0.874. The van der Waals surface area contributed by atoms with Gasteiger partial charge in [0, 0.05) is 12.7 Å². The van der Waals surface area contributed by atoms with Crippen molar-refractivity contribution >= 4 is 16.9 Å². The lowest BCUT2D eigenvalue weighted by Crippen LogP contribution is -1.82. The number of hydrogen-bond donors (Lipinski definition) is 0. The molecule has 2 heteroatoms. The molecule has 0 aliphatic heterocycles. The second-order valence-corrected chi connectivity index (χ2v) is 2.69. The van der Waals surface area contributed by atoms with Crippen LogP contribution < -0.4 is 0 Å². The predicted molar refractivity (Wildman–Crippen MR) is 38.0 cm³/mol. The maximum absolute atomic E-state index is 10.2. The van der Waals surface area contributed by atoms with Crippen molar-refractivity contribution in [2.45, 2.75) is 13.3 Å². The standard InChI is InChI=1S/C6H10OS/c1-3-4-5-8-6(2)7/h3H,1,4-5H2,2H3. The van der Waals surface area contributed by atoms with E-state index < -0.39 is 0 Å². The average molecular weight is 130 g/mol. The molecular weight excluding hydrogens is 120 g/mol.